The number of hydrogen-bond acceptors (Lipinski definition) is 4. The van der Waals surface area contributed by atoms with E-state index >= 15 is 0 Å². The number of carbonyl (C=O) groups excluding carboxylic acids is 2. The van der Waals surface area contributed by atoms with Crippen molar-refractivity contribution in [3.63, 3.8) is 0 Å². The van der Waals surface area contributed by atoms with E-state index in [0.29, 0.717) is 16.7 Å². The van der Waals surface area contributed by atoms with Crippen LogP contribution < -0.4 is 16.4 Å². The molecule has 1 aromatic rings. The summed E-state index contributed by atoms with van der Waals surface area (Å²) in [6, 6.07) is 4.04. The van der Waals surface area contributed by atoms with Gasteiger partial charge in [-0.05, 0) is 30.5 Å². The van der Waals surface area contributed by atoms with Crippen molar-refractivity contribution in [2.24, 2.45) is 11.7 Å². The number of rotatable bonds is 7. The molecule has 0 aliphatic rings. The Balaban J connectivity index is 2.69. The number of aryl methyl sites for hydroxylation is 1. The molecular formula is C16H22F3N3O2S. The second-order valence-corrected chi connectivity index (χ2v) is 6.96. The Morgan fingerprint density at radius 2 is 1.92 bits per heavy atom. The van der Waals surface area contributed by atoms with Crippen LogP contribution in [0.5, 0.6) is 0 Å². The number of carbonyl (C=O) groups is 2. The van der Waals surface area contributed by atoms with Gasteiger partial charge in [0.05, 0.1) is 24.0 Å². The minimum atomic E-state index is -4.31. The van der Waals surface area contributed by atoms with Gasteiger partial charge < -0.3 is 16.4 Å². The van der Waals surface area contributed by atoms with Crippen molar-refractivity contribution in [3.05, 3.63) is 23.8 Å². The molecule has 0 spiro atoms. The zero-order valence-electron chi connectivity index (χ0n) is 14.2. The number of nitrogens with one attached hydrogen (secondary N) is 2. The molecule has 0 aromatic heterocycles. The van der Waals surface area contributed by atoms with E-state index in [4.69, 9.17) is 5.73 Å². The smallest absolute Gasteiger partial charge is 0.346 e. The second kappa shape index (κ2) is 9.10. The zero-order valence-corrected chi connectivity index (χ0v) is 15.1. The van der Waals surface area contributed by atoms with E-state index in [-0.39, 0.29) is 18.2 Å². The van der Waals surface area contributed by atoms with E-state index in [1.54, 1.807) is 32.9 Å². The molecule has 0 saturated carbocycles. The van der Waals surface area contributed by atoms with Crippen molar-refractivity contribution >= 4 is 29.3 Å². The molecule has 1 atom stereocenters. The van der Waals surface area contributed by atoms with Gasteiger partial charge in [0, 0.05) is 4.90 Å². The predicted molar refractivity (Wildman–Crippen MR) is 92.4 cm³/mol. The number of nitrogens with two attached hydrogens (primary N) is 1. The Morgan fingerprint density at radius 1 is 1.28 bits per heavy atom. The van der Waals surface area contributed by atoms with Crippen molar-refractivity contribution in [2.75, 3.05) is 17.6 Å². The molecule has 2 amide bonds. The number of thioether (sulfide) groups is 1. The van der Waals surface area contributed by atoms with E-state index in [1.807, 2.05) is 0 Å². The van der Waals surface area contributed by atoms with E-state index in [0.717, 1.165) is 5.56 Å². The average molecular weight is 377 g/mol. The highest BCUT2D eigenvalue weighted by atomic mass is 32.2. The summed E-state index contributed by atoms with van der Waals surface area (Å²) in [6.45, 7) is 5.01. The molecule has 0 aliphatic heterocycles. The van der Waals surface area contributed by atoms with Gasteiger partial charge in [-0.25, -0.2) is 0 Å². The van der Waals surface area contributed by atoms with Gasteiger partial charge in [0.25, 0.3) is 0 Å². The minimum Gasteiger partial charge on any atom is -0.346 e. The molecule has 0 bridgehead atoms. The van der Waals surface area contributed by atoms with Crippen LogP contribution in [-0.2, 0) is 9.59 Å². The summed E-state index contributed by atoms with van der Waals surface area (Å²) in [7, 11) is 0. The molecule has 140 valence electrons. The molecule has 0 fully saturated rings. The molecule has 0 unspecified atom stereocenters. The van der Waals surface area contributed by atoms with Crippen LogP contribution in [0.25, 0.3) is 0 Å². The molecular weight excluding hydrogens is 355 g/mol. The van der Waals surface area contributed by atoms with Crippen molar-refractivity contribution in [3.8, 4) is 0 Å². The first kappa shape index (κ1) is 21.3. The van der Waals surface area contributed by atoms with Crippen LogP contribution in [0.3, 0.4) is 0 Å². The van der Waals surface area contributed by atoms with Crippen LogP contribution in [0, 0.1) is 12.8 Å². The standard InChI is InChI=1S/C16H22F3N3O2S/c1-9(2)14(20)15(24)21-7-13(23)22-11-6-10(3)4-5-12(11)25-8-16(17,18)19/h4-6,9,14H,7-8,20H2,1-3H3,(H,21,24)(H,22,23)/t14-/m0/s1. The van der Waals surface area contributed by atoms with Gasteiger partial charge in [-0.1, -0.05) is 19.9 Å². The number of benzene rings is 1. The number of alkyl halides is 3. The van der Waals surface area contributed by atoms with E-state index in [1.165, 1.54) is 6.07 Å². The quantitative estimate of drug-likeness (QED) is 0.638. The highest BCUT2D eigenvalue weighted by Gasteiger charge is 2.28. The van der Waals surface area contributed by atoms with Crippen molar-refractivity contribution in [1.82, 2.24) is 5.32 Å². The van der Waals surface area contributed by atoms with E-state index in [9.17, 15) is 22.8 Å². The topological polar surface area (TPSA) is 84.2 Å². The van der Waals surface area contributed by atoms with Gasteiger partial charge in [0.1, 0.15) is 0 Å². The Kier molecular flexibility index (Phi) is 7.75. The third kappa shape index (κ3) is 7.78. The summed E-state index contributed by atoms with van der Waals surface area (Å²) in [5, 5.41) is 4.94. The Bertz CT molecular complexity index is 621. The van der Waals surface area contributed by atoms with Crippen LogP contribution in [0.4, 0.5) is 18.9 Å². The second-order valence-electron chi connectivity index (χ2n) is 5.94. The largest absolute Gasteiger partial charge is 0.398 e. The van der Waals surface area contributed by atoms with Gasteiger partial charge in [-0.2, -0.15) is 13.2 Å². The summed E-state index contributed by atoms with van der Waals surface area (Å²) in [5.74, 6) is -2.13. The van der Waals surface area contributed by atoms with Crippen molar-refractivity contribution in [2.45, 2.75) is 37.9 Å². The summed E-state index contributed by atoms with van der Waals surface area (Å²) in [5.41, 5.74) is 6.74. The first-order valence-corrected chi connectivity index (χ1v) is 8.61. The van der Waals surface area contributed by atoms with Gasteiger partial charge in [0.15, 0.2) is 0 Å². The number of amides is 2. The molecule has 25 heavy (non-hydrogen) atoms. The minimum absolute atomic E-state index is 0.0785. The van der Waals surface area contributed by atoms with Crippen LogP contribution in [-0.4, -0.2) is 36.3 Å². The SMILES string of the molecule is Cc1ccc(SCC(F)(F)F)c(NC(=O)CNC(=O)[C@@H](N)C(C)C)c1. The van der Waals surface area contributed by atoms with Crippen molar-refractivity contribution in [1.29, 1.82) is 0 Å². The molecule has 1 aromatic carbocycles. The fourth-order valence-electron chi connectivity index (χ4n) is 1.81. The molecule has 4 N–H and O–H groups in total. The number of anilines is 1. The fraction of sp³-hybridized carbons (Fsp3) is 0.500. The fourth-order valence-corrected chi connectivity index (χ4v) is 2.56. The van der Waals surface area contributed by atoms with E-state index in [2.05, 4.69) is 10.6 Å². The summed E-state index contributed by atoms with van der Waals surface area (Å²) in [6.07, 6.45) is -4.31. The molecule has 0 aliphatic carbocycles. The average Bonchev–Trinajstić information content (AvgIpc) is 2.50. The molecule has 0 heterocycles. The summed E-state index contributed by atoms with van der Waals surface area (Å²) in [4.78, 5) is 24.0. The first-order chi connectivity index (χ1) is 11.5. The third-order valence-corrected chi connectivity index (χ3v) is 4.38. The maximum absolute atomic E-state index is 12.4. The number of halogens is 3. The molecule has 5 nitrogen and oxygen atoms in total. The van der Waals surface area contributed by atoms with Gasteiger partial charge in [-0.3, -0.25) is 9.59 Å². The van der Waals surface area contributed by atoms with E-state index < -0.39 is 29.8 Å². The lowest BCUT2D eigenvalue weighted by Gasteiger charge is -2.16. The van der Waals surface area contributed by atoms with Crippen LogP contribution in [0.2, 0.25) is 0 Å². The zero-order chi connectivity index (χ0) is 19.2. The molecule has 0 radical (unpaired) electrons. The number of hydrogen-bond donors (Lipinski definition) is 3. The molecule has 9 heteroatoms. The molecule has 0 saturated heterocycles. The summed E-state index contributed by atoms with van der Waals surface area (Å²) >= 11 is 0.591. The van der Waals surface area contributed by atoms with Crippen LogP contribution in [0.15, 0.2) is 23.1 Å². The van der Waals surface area contributed by atoms with Gasteiger partial charge in [0.2, 0.25) is 11.8 Å². The van der Waals surface area contributed by atoms with Gasteiger partial charge >= 0.3 is 6.18 Å². The predicted octanol–water partition coefficient (Wildman–Crippen LogP) is 2.69. The monoisotopic (exact) mass is 377 g/mol. The maximum Gasteiger partial charge on any atom is 0.398 e. The Morgan fingerprint density at radius 3 is 2.48 bits per heavy atom. The Labute approximate surface area is 148 Å². The lowest BCUT2D eigenvalue weighted by Crippen LogP contribution is -2.46. The van der Waals surface area contributed by atoms with Crippen LogP contribution >= 0.6 is 11.8 Å². The van der Waals surface area contributed by atoms with Gasteiger partial charge in [-0.15, -0.1) is 11.8 Å². The maximum atomic E-state index is 12.4. The first-order valence-electron chi connectivity index (χ1n) is 7.63. The molecule has 1 rings (SSSR count). The summed E-state index contributed by atoms with van der Waals surface area (Å²) < 4.78 is 37.2. The normalized spacial score (nSPS) is 12.8. The lowest BCUT2D eigenvalue weighted by atomic mass is 10.1. The lowest BCUT2D eigenvalue weighted by molar-refractivity contribution is -0.125. The van der Waals surface area contributed by atoms with Crippen molar-refractivity contribution < 1.29 is 22.8 Å². The highest BCUT2D eigenvalue weighted by Crippen LogP contribution is 2.32. The third-order valence-electron chi connectivity index (χ3n) is 3.24. The highest BCUT2D eigenvalue weighted by molar-refractivity contribution is 7.99. The Hall–Kier alpha value is -1.74. The van der Waals surface area contributed by atoms with Crippen LogP contribution in [0.1, 0.15) is 19.4 Å².